The molecule has 0 saturated carbocycles. The Balaban J connectivity index is 2.02. The number of hydrogen-bond donors (Lipinski definition) is 0. The quantitative estimate of drug-likeness (QED) is 0.335. The second kappa shape index (κ2) is 10.4. The van der Waals surface area contributed by atoms with Gasteiger partial charge in [-0.25, -0.2) is 4.79 Å². The van der Waals surface area contributed by atoms with Crippen molar-refractivity contribution in [2.45, 2.75) is 13.5 Å². The predicted molar refractivity (Wildman–Crippen MR) is 126 cm³/mol. The van der Waals surface area contributed by atoms with Gasteiger partial charge in [-0.05, 0) is 61.0 Å². The first kappa shape index (κ1) is 23.4. The molecule has 160 valence electrons. The van der Waals surface area contributed by atoms with Crippen molar-refractivity contribution in [3.05, 3.63) is 97.4 Å². The molecule has 0 aliphatic heterocycles. The lowest BCUT2D eigenvalue weighted by Crippen LogP contribution is -2.31. The summed E-state index contributed by atoms with van der Waals surface area (Å²) >= 11 is 24.7. The number of hydrogen-bond acceptors (Lipinski definition) is 3. The van der Waals surface area contributed by atoms with Gasteiger partial charge in [-0.15, -0.1) is 0 Å². The van der Waals surface area contributed by atoms with Crippen molar-refractivity contribution in [2.75, 3.05) is 11.5 Å². The zero-order valence-corrected chi connectivity index (χ0v) is 19.4. The van der Waals surface area contributed by atoms with Gasteiger partial charge in [0.2, 0.25) is 0 Å². The number of esters is 1. The molecule has 0 atom stereocenters. The predicted octanol–water partition coefficient (Wildman–Crippen LogP) is 7.32. The highest BCUT2D eigenvalue weighted by atomic mass is 35.5. The molecule has 0 N–H and O–H groups in total. The zero-order chi connectivity index (χ0) is 22.5. The van der Waals surface area contributed by atoms with Gasteiger partial charge < -0.3 is 9.64 Å². The minimum absolute atomic E-state index is 0.149. The highest BCUT2D eigenvalue weighted by Crippen LogP contribution is 2.30. The molecule has 0 heterocycles. The second-order valence-electron chi connectivity index (χ2n) is 6.50. The molecule has 0 aliphatic rings. The zero-order valence-electron chi connectivity index (χ0n) is 16.4. The van der Waals surface area contributed by atoms with Crippen molar-refractivity contribution in [3.8, 4) is 0 Å². The molecular formula is C23H17Cl4NO3. The highest BCUT2D eigenvalue weighted by molar-refractivity contribution is 6.44. The summed E-state index contributed by atoms with van der Waals surface area (Å²) in [7, 11) is 0. The third-order valence-electron chi connectivity index (χ3n) is 4.46. The third-order valence-corrected chi connectivity index (χ3v) is 5.87. The lowest BCUT2D eigenvalue weighted by molar-refractivity contribution is 0.0526. The fraction of sp³-hybridized carbons (Fsp3) is 0.130. The van der Waals surface area contributed by atoms with Crippen LogP contribution in [0.5, 0.6) is 0 Å². The molecule has 0 radical (unpaired) electrons. The molecule has 0 bridgehead atoms. The van der Waals surface area contributed by atoms with Crippen molar-refractivity contribution < 1.29 is 14.3 Å². The standard InChI is InChI=1S/C23H17Cl4NO3/c1-2-31-23(30)14-7-10-17(11-8-14)28(13-15-6-9-16(24)12-20(15)26)22(29)18-4-3-5-19(25)21(18)27/h3-12H,2,13H2,1H3. The molecule has 0 aromatic heterocycles. The summed E-state index contributed by atoms with van der Waals surface area (Å²) < 4.78 is 5.02. The summed E-state index contributed by atoms with van der Waals surface area (Å²) in [6.45, 7) is 2.15. The van der Waals surface area contributed by atoms with E-state index in [1.807, 2.05) is 0 Å². The van der Waals surface area contributed by atoms with E-state index in [1.165, 1.54) is 4.90 Å². The number of benzene rings is 3. The van der Waals surface area contributed by atoms with E-state index in [1.54, 1.807) is 67.6 Å². The lowest BCUT2D eigenvalue weighted by Gasteiger charge is -2.24. The number of amides is 1. The second-order valence-corrected chi connectivity index (χ2v) is 8.12. The molecule has 31 heavy (non-hydrogen) atoms. The Bertz CT molecular complexity index is 1120. The summed E-state index contributed by atoms with van der Waals surface area (Å²) in [6.07, 6.45) is 0. The minimum atomic E-state index is -0.439. The van der Waals surface area contributed by atoms with Crippen molar-refractivity contribution in [1.29, 1.82) is 0 Å². The van der Waals surface area contributed by atoms with E-state index >= 15 is 0 Å². The first-order valence-electron chi connectivity index (χ1n) is 9.28. The van der Waals surface area contributed by atoms with Crippen LogP contribution in [0.4, 0.5) is 5.69 Å². The van der Waals surface area contributed by atoms with Crippen molar-refractivity contribution >= 4 is 64.0 Å². The molecule has 3 aromatic carbocycles. The molecule has 4 nitrogen and oxygen atoms in total. The van der Waals surface area contributed by atoms with Gasteiger partial charge in [0.1, 0.15) is 0 Å². The van der Waals surface area contributed by atoms with E-state index in [9.17, 15) is 9.59 Å². The number of carbonyl (C=O) groups excluding carboxylic acids is 2. The monoisotopic (exact) mass is 495 g/mol. The van der Waals surface area contributed by atoms with E-state index in [4.69, 9.17) is 51.1 Å². The van der Waals surface area contributed by atoms with Gasteiger partial charge in [0, 0.05) is 15.7 Å². The van der Waals surface area contributed by atoms with Crippen molar-refractivity contribution in [2.24, 2.45) is 0 Å². The average Bonchev–Trinajstić information content (AvgIpc) is 2.75. The SMILES string of the molecule is CCOC(=O)c1ccc(N(Cc2ccc(Cl)cc2Cl)C(=O)c2cccc(Cl)c2Cl)cc1. The van der Waals surface area contributed by atoms with Gasteiger partial charge in [-0.1, -0.05) is 58.5 Å². The highest BCUT2D eigenvalue weighted by Gasteiger charge is 2.23. The Hall–Kier alpha value is -2.24. The Morgan fingerprint density at radius 1 is 0.903 bits per heavy atom. The van der Waals surface area contributed by atoms with Crippen LogP contribution in [0.15, 0.2) is 60.7 Å². The Morgan fingerprint density at radius 3 is 2.26 bits per heavy atom. The fourth-order valence-electron chi connectivity index (χ4n) is 2.91. The number of nitrogens with zero attached hydrogens (tertiary/aromatic N) is 1. The Kier molecular flexibility index (Phi) is 7.84. The van der Waals surface area contributed by atoms with Crippen LogP contribution < -0.4 is 4.90 Å². The van der Waals surface area contributed by atoms with E-state index in [-0.39, 0.29) is 34.7 Å². The number of anilines is 1. The van der Waals surface area contributed by atoms with Gasteiger partial charge in [0.25, 0.3) is 5.91 Å². The normalized spacial score (nSPS) is 10.6. The third kappa shape index (κ3) is 5.52. The largest absolute Gasteiger partial charge is 0.462 e. The first-order valence-corrected chi connectivity index (χ1v) is 10.8. The van der Waals surface area contributed by atoms with Crippen molar-refractivity contribution in [3.63, 3.8) is 0 Å². The van der Waals surface area contributed by atoms with Crippen molar-refractivity contribution in [1.82, 2.24) is 0 Å². The van der Waals surface area contributed by atoms with Gasteiger partial charge in [-0.2, -0.15) is 0 Å². The van der Waals surface area contributed by atoms with Crippen LogP contribution in [0.3, 0.4) is 0 Å². The number of rotatable bonds is 6. The topological polar surface area (TPSA) is 46.6 Å². The Morgan fingerprint density at radius 2 is 1.61 bits per heavy atom. The molecule has 3 rings (SSSR count). The van der Waals surface area contributed by atoms with Crippen LogP contribution >= 0.6 is 46.4 Å². The maximum Gasteiger partial charge on any atom is 0.338 e. The summed E-state index contributed by atoms with van der Waals surface area (Å²) in [5.41, 5.74) is 1.85. The maximum atomic E-state index is 13.4. The van der Waals surface area contributed by atoms with Crippen LogP contribution in [-0.2, 0) is 11.3 Å². The number of halogens is 4. The molecule has 0 aliphatic carbocycles. The molecule has 3 aromatic rings. The number of carbonyl (C=O) groups is 2. The lowest BCUT2D eigenvalue weighted by atomic mass is 10.1. The maximum absolute atomic E-state index is 13.4. The molecule has 0 spiro atoms. The van der Waals surface area contributed by atoms with E-state index in [0.717, 1.165) is 0 Å². The molecule has 1 amide bonds. The molecule has 0 saturated heterocycles. The Labute approximate surface area is 200 Å². The van der Waals surface area contributed by atoms with Crippen LogP contribution in [0, 0.1) is 0 Å². The molecular weight excluding hydrogens is 480 g/mol. The molecule has 8 heteroatoms. The van der Waals surface area contributed by atoms with Crippen LogP contribution in [0.25, 0.3) is 0 Å². The van der Waals surface area contributed by atoms with Gasteiger partial charge >= 0.3 is 5.97 Å². The smallest absolute Gasteiger partial charge is 0.338 e. The van der Waals surface area contributed by atoms with E-state index in [0.29, 0.717) is 26.9 Å². The summed E-state index contributed by atoms with van der Waals surface area (Å²) in [5, 5.41) is 1.34. The van der Waals surface area contributed by atoms with Gasteiger partial charge in [0.05, 0.1) is 34.3 Å². The number of ether oxygens (including phenoxy) is 1. The summed E-state index contributed by atoms with van der Waals surface area (Å²) in [6, 6.07) is 16.4. The molecule has 0 fully saturated rings. The summed E-state index contributed by atoms with van der Waals surface area (Å²) in [4.78, 5) is 26.9. The van der Waals surface area contributed by atoms with E-state index in [2.05, 4.69) is 0 Å². The van der Waals surface area contributed by atoms with Crippen LogP contribution in [0.2, 0.25) is 20.1 Å². The fourth-order valence-corrected chi connectivity index (χ4v) is 3.76. The van der Waals surface area contributed by atoms with Gasteiger partial charge in [0.15, 0.2) is 0 Å². The summed E-state index contributed by atoms with van der Waals surface area (Å²) in [5.74, 6) is -0.812. The van der Waals surface area contributed by atoms with Crippen LogP contribution in [0.1, 0.15) is 33.2 Å². The van der Waals surface area contributed by atoms with E-state index < -0.39 is 5.97 Å². The van der Waals surface area contributed by atoms with Gasteiger partial charge in [-0.3, -0.25) is 4.79 Å². The van der Waals surface area contributed by atoms with Crippen LogP contribution in [-0.4, -0.2) is 18.5 Å². The molecule has 0 unspecified atom stereocenters. The first-order chi connectivity index (χ1) is 14.8. The average molecular weight is 497 g/mol. The minimum Gasteiger partial charge on any atom is -0.462 e.